The molecule has 1 saturated heterocycles. The Labute approximate surface area is 188 Å². The Balaban J connectivity index is 1.37. The molecule has 0 atom stereocenters. The first kappa shape index (κ1) is 22.4. The highest BCUT2D eigenvalue weighted by atomic mass is 32.2. The first-order valence-corrected chi connectivity index (χ1v) is 12.5. The summed E-state index contributed by atoms with van der Waals surface area (Å²) in [5.74, 6) is -0.194. The summed E-state index contributed by atoms with van der Waals surface area (Å²) in [4.78, 5) is 12.8. The lowest BCUT2D eigenvalue weighted by Crippen LogP contribution is -2.42. The maximum absolute atomic E-state index is 13.2. The number of nitrogens with one attached hydrogen (secondary N) is 1. The number of sulfonamides is 1. The van der Waals surface area contributed by atoms with E-state index in [1.54, 1.807) is 22.9 Å². The second-order valence-electron chi connectivity index (χ2n) is 8.35. The number of amides is 1. The van der Waals surface area contributed by atoms with Crippen LogP contribution in [0.25, 0.3) is 11.0 Å². The average molecular weight is 456 g/mol. The van der Waals surface area contributed by atoms with Crippen molar-refractivity contribution in [2.45, 2.75) is 51.1 Å². The van der Waals surface area contributed by atoms with Crippen molar-refractivity contribution >= 4 is 27.0 Å². The Morgan fingerprint density at radius 2 is 1.94 bits per heavy atom. The molecule has 0 bridgehead atoms. The number of nitrogens with zero attached hydrogens (tertiary/aromatic N) is 4. The number of rotatable bonds is 7. The number of fused-ring (bicyclic) bond motifs is 1. The summed E-state index contributed by atoms with van der Waals surface area (Å²) < 4.78 is 29.6. The molecule has 170 valence electrons. The minimum absolute atomic E-state index is 0.0162. The summed E-state index contributed by atoms with van der Waals surface area (Å²) in [6.07, 6.45) is 1.94. The second kappa shape index (κ2) is 9.38. The molecule has 0 radical (unpaired) electrons. The van der Waals surface area contributed by atoms with Gasteiger partial charge in [0.05, 0.1) is 10.4 Å². The average Bonchev–Trinajstić information content (AvgIpc) is 3.20. The highest BCUT2D eigenvalue weighted by Gasteiger charge is 2.32. The molecule has 0 saturated carbocycles. The molecule has 2 heterocycles. The van der Waals surface area contributed by atoms with Crippen molar-refractivity contribution in [3.05, 3.63) is 53.6 Å². The van der Waals surface area contributed by atoms with E-state index in [0.29, 0.717) is 38.0 Å². The quantitative estimate of drug-likeness (QED) is 0.591. The lowest BCUT2D eigenvalue weighted by atomic mass is 9.97. The molecule has 1 N–H and O–H groups in total. The van der Waals surface area contributed by atoms with Crippen molar-refractivity contribution in [3.8, 4) is 0 Å². The minimum Gasteiger partial charge on any atom is -0.352 e. The number of aromatic nitrogens is 3. The van der Waals surface area contributed by atoms with E-state index in [9.17, 15) is 13.2 Å². The van der Waals surface area contributed by atoms with Crippen LogP contribution in [0, 0.1) is 12.8 Å². The normalized spacial score (nSPS) is 15.8. The van der Waals surface area contributed by atoms with E-state index in [-0.39, 0.29) is 16.7 Å². The number of aryl methyl sites for hydroxylation is 2. The zero-order valence-corrected chi connectivity index (χ0v) is 19.3. The Morgan fingerprint density at radius 1 is 1.16 bits per heavy atom. The van der Waals surface area contributed by atoms with Gasteiger partial charge in [-0.1, -0.05) is 42.0 Å². The molecule has 2 aromatic carbocycles. The number of piperidine rings is 1. The van der Waals surface area contributed by atoms with Gasteiger partial charge in [0.25, 0.3) is 0 Å². The van der Waals surface area contributed by atoms with Gasteiger partial charge in [0.15, 0.2) is 0 Å². The van der Waals surface area contributed by atoms with Crippen LogP contribution in [0.5, 0.6) is 0 Å². The Bertz CT molecular complexity index is 1210. The molecule has 0 spiro atoms. The summed E-state index contributed by atoms with van der Waals surface area (Å²) >= 11 is 0. The van der Waals surface area contributed by atoms with Gasteiger partial charge in [0, 0.05) is 32.1 Å². The molecule has 8 nitrogen and oxygen atoms in total. The van der Waals surface area contributed by atoms with Crippen LogP contribution in [0.4, 0.5) is 0 Å². The van der Waals surface area contributed by atoms with Crippen molar-refractivity contribution < 1.29 is 13.2 Å². The summed E-state index contributed by atoms with van der Waals surface area (Å²) in [7, 11) is -3.64. The van der Waals surface area contributed by atoms with Crippen LogP contribution < -0.4 is 5.32 Å². The fourth-order valence-electron chi connectivity index (χ4n) is 4.15. The maximum Gasteiger partial charge on any atom is 0.243 e. The Kier molecular flexibility index (Phi) is 6.57. The molecular weight excluding hydrogens is 426 g/mol. The lowest BCUT2D eigenvalue weighted by Gasteiger charge is -2.30. The molecule has 4 rings (SSSR count). The van der Waals surface area contributed by atoms with Gasteiger partial charge in [0.1, 0.15) is 5.52 Å². The summed E-state index contributed by atoms with van der Waals surface area (Å²) in [6.45, 7) is 5.95. The SMILES string of the molecule is CCCn1nnc2cc(S(=O)(=O)N3CCC(C(=O)NCc4cccc(C)c4)CC3)ccc21. The molecule has 3 aromatic rings. The van der Waals surface area contributed by atoms with Gasteiger partial charge in [0.2, 0.25) is 15.9 Å². The number of carbonyl (C=O) groups excluding carboxylic acids is 1. The topological polar surface area (TPSA) is 97.2 Å². The molecule has 0 aliphatic carbocycles. The van der Waals surface area contributed by atoms with Crippen LogP contribution in [-0.2, 0) is 27.9 Å². The molecule has 0 unspecified atom stereocenters. The molecule has 1 aromatic heterocycles. The number of benzene rings is 2. The predicted molar refractivity (Wildman–Crippen MR) is 122 cm³/mol. The van der Waals surface area contributed by atoms with Crippen molar-refractivity contribution in [2.75, 3.05) is 13.1 Å². The van der Waals surface area contributed by atoms with Crippen LogP contribution in [0.1, 0.15) is 37.3 Å². The predicted octanol–water partition coefficient (Wildman–Crippen LogP) is 2.87. The van der Waals surface area contributed by atoms with E-state index in [4.69, 9.17) is 0 Å². The number of carbonyl (C=O) groups is 1. The highest BCUT2D eigenvalue weighted by molar-refractivity contribution is 7.89. The van der Waals surface area contributed by atoms with Crippen molar-refractivity contribution in [1.82, 2.24) is 24.6 Å². The standard InChI is InChI=1S/C23H29N5O3S/c1-3-11-28-22-8-7-20(15-21(22)25-26-28)32(30,31)27-12-9-19(10-13-27)23(29)24-16-18-6-4-5-17(2)14-18/h4-8,14-15,19H,3,9-13,16H2,1-2H3,(H,24,29). The van der Waals surface area contributed by atoms with Crippen LogP contribution in [0.2, 0.25) is 0 Å². The van der Waals surface area contributed by atoms with Crippen LogP contribution in [-0.4, -0.2) is 46.7 Å². The zero-order valence-electron chi connectivity index (χ0n) is 18.5. The fraction of sp³-hybridized carbons (Fsp3) is 0.435. The van der Waals surface area contributed by atoms with Gasteiger partial charge in [-0.15, -0.1) is 5.10 Å². The minimum atomic E-state index is -3.64. The maximum atomic E-state index is 13.2. The Morgan fingerprint density at radius 3 is 2.66 bits per heavy atom. The summed E-state index contributed by atoms with van der Waals surface area (Å²) in [5, 5.41) is 11.2. The lowest BCUT2D eigenvalue weighted by molar-refractivity contribution is -0.126. The first-order chi connectivity index (χ1) is 15.4. The van der Waals surface area contributed by atoms with Gasteiger partial charge in [-0.05, 0) is 49.9 Å². The fourth-order valence-corrected chi connectivity index (χ4v) is 5.64. The van der Waals surface area contributed by atoms with E-state index < -0.39 is 10.0 Å². The van der Waals surface area contributed by atoms with Gasteiger partial charge < -0.3 is 5.32 Å². The monoisotopic (exact) mass is 455 g/mol. The molecule has 9 heteroatoms. The molecule has 1 amide bonds. The molecule has 1 fully saturated rings. The number of hydrogen-bond acceptors (Lipinski definition) is 5. The van der Waals surface area contributed by atoms with Gasteiger partial charge in [-0.25, -0.2) is 13.1 Å². The van der Waals surface area contributed by atoms with Crippen LogP contribution in [0.3, 0.4) is 0 Å². The first-order valence-electron chi connectivity index (χ1n) is 11.0. The molecule has 32 heavy (non-hydrogen) atoms. The third kappa shape index (κ3) is 4.68. The van der Waals surface area contributed by atoms with Gasteiger partial charge >= 0.3 is 0 Å². The van der Waals surface area contributed by atoms with E-state index in [1.165, 1.54) is 4.31 Å². The molecule has 1 aliphatic heterocycles. The molecule has 1 aliphatic rings. The van der Waals surface area contributed by atoms with Crippen molar-refractivity contribution in [2.24, 2.45) is 5.92 Å². The third-order valence-electron chi connectivity index (χ3n) is 5.93. The van der Waals surface area contributed by atoms with E-state index >= 15 is 0 Å². The Hall–Kier alpha value is -2.78. The van der Waals surface area contributed by atoms with Crippen LogP contribution in [0.15, 0.2) is 47.4 Å². The third-order valence-corrected chi connectivity index (χ3v) is 7.83. The number of hydrogen-bond donors (Lipinski definition) is 1. The van der Waals surface area contributed by atoms with Crippen molar-refractivity contribution in [3.63, 3.8) is 0 Å². The zero-order chi connectivity index (χ0) is 22.7. The van der Waals surface area contributed by atoms with Crippen LogP contribution >= 0.6 is 0 Å². The summed E-state index contributed by atoms with van der Waals surface area (Å²) in [6, 6.07) is 13.0. The smallest absolute Gasteiger partial charge is 0.243 e. The molecular formula is C23H29N5O3S. The highest BCUT2D eigenvalue weighted by Crippen LogP contribution is 2.26. The van der Waals surface area contributed by atoms with Gasteiger partial charge in [-0.3, -0.25) is 4.79 Å². The summed E-state index contributed by atoms with van der Waals surface area (Å²) in [5.41, 5.74) is 3.62. The van der Waals surface area contributed by atoms with Crippen molar-refractivity contribution in [1.29, 1.82) is 0 Å². The van der Waals surface area contributed by atoms with E-state index in [0.717, 1.165) is 29.6 Å². The van der Waals surface area contributed by atoms with Gasteiger partial charge in [-0.2, -0.15) is 4.31 Å². The van der Waals surface area contributed by atoms with E-state index in [1.807, 2.05) is 31.2 Å². The largest absolute Gasteiger partial charge is 0.352 e. The second-order valence-corrected chi connectivity index (χ2v) is 10.3. The van der Waals surface area contributed by atoms with E-state index in [2.05, 4.69) is 22.6 Å².